The van der Waals surface area contributed by atoms with Gasteiger partial charge in [-0.15, -0.1) is 0 Å². The molecule has 0 N–H and O–H groups in total. The Morgan fingerprint density at radius 3 is 2.24 bits per heavy atom. The first-order valence-electron chi connectivity index (χ1n) is 6.11. The summed E-state index contributed by atoms with van der Waals surface area (Å²) in [4.78, 5) is 0. The lowest BCUT2D eigenvalue weighted by molar-refractivity contribution is -0.0665. The highest BCUT2D eigenvalue weighted by Gasteiger charge is 2.36. The molecule has 1 rings (SSSR count). The standard InChI is InChI=1S/C11H24O5Si/c1-12-17(13-2,14-3)10-4-7-15-8-5-11-6-9-16-11/h11H,4-10H2,1-3H3. The van der Waals surface area contributed by atoms with Gasteiger partial charge in [0, 0.05) is 47.2 Å². The van der Waals surface area contributed by atoms with Crippen molar-refractivity contribution in [1.82, 2.24) is 0 Å². The van der Waals surface area contributed by atoms with Crippen LogP contribution in [0.5, 0.6) is 0 Å². The van der Waals surface area contributed by atoms with Gasteiger partial charge in [-0.1, -0.05) is 0 Å². The van der Waals surface area contributed by atoms with Crippen LogP contribution >= 0.6 is 0 Å². The summed E-state index contributed by atoms with van der Waals surface area (Å²) >= 11 is 0. The average Bonchev–Trinajstić information content (AvgIpc) is 2.31. The largest absolute Gasteiger partial charge is 0.500 e. The number of hydrogen-bond donors (Lipinski definition) is 0. The highest BCUT2D eigenvalue weighted by molar-refractivity contribution is 6.60. The van der Waals surface area contributed by atoms with Crippen molar-refractivity contribution in [2.24, 2.45) is 0 Å². The molecule has 1 atom stereocenters. The van der Waals surface area contributed by atoms with Crippen LogP contribution in [0.4, 0.5) is 0 Å². The minimum absolute atomic E-state index is 0.431. The lowest BCUT2D eigenvalue weighted by atomic mass is 10.1. The summed E-state index contributed by atoms with van der Waals surface area (Å²) in [5.41, 5.74) is 0. The van der Waals surface area contributed by atoms with E-state index in [4.69, 9.17) is 22.8 Å². The molecule has 1 aliphatic heterocycles. The van der Waals surface area contributed by atoms with Gasteiger partial charge in [-0.2, -0.15) is 0 Å². The molecule has 17 heavy (non-hydrogen) atoms. The van der Waals surface area contributed by atoms with Gasteiger partial charge in [0.25, 0.3) is 0 Å². The first-order chi connectivity index (χ1) is 8.26. The van der Waals surface area contributed by atoms with Crippen molar-refractivity contribution in [1.29, 1.82) is 0 Å². The second kappa shape index (κ2) is 8.18. The van der Waals surface area contributed by atoms with Gasteiger partial charge in [0.1, 0.15) is 0 Å². The van der Waals surface area contributed by atoms with Crippen LogP contribution in [-0.2, 0) is 22.8 Å². The predicted molar refractivity (Wildman–Crippen MR) is 66.0 cm³/mol. The van der Waals surface area contributed by atoms with Gasteiger partial charge in [-0.3, -0.25) is 0 Å². The van der Waals surface area contributed by atoms with Gasteiger partial charge >= 0.3 is 8.80 Å². The first kappa shape index (κ1) is 15.1. The van der Waals surface area contributed by atoms with Crippen molar-refractivity contribution < 1.29 is 22.8 Å². The molecule has 0 saturated carbocycles. The monoisotopic (exact) mass is 264 g/mol. The molecular weight excluding hydrogens is 240 g/mol. The Labute approximate surface area is 105 Å². The lowest BCUT2D eigenvalue weighted by Crippen LogP contribution is -2.42. The fourth-order valence-corrected chi connectivity index (χ4v) is 3.47. The molecule has 0 aromatic rings. The van der Waals surface area contributed by atoms with E-state index in [2.05, 4.69) is 0 Å². The smallest absolute Gasteiger partial charge is 0.381 e. The van der Waals surface area contributed by atoms with E-state index >= 15 is 0 Å². The summed E-state index contributed by atoms with van der Waals surface area (Å²) < 4.78 is 26.8. The SMILES string of the molecule is CO[Si](CCCOCCC1CCO1)(OC)OC. The summed E-state index contributed by atoms with van der Waals surface area (Å²) in [7, 11) is 2.50. The van der Waals surface area contributed by atoms with Crippen molar-refractivity contribution in [3.8, 4) is 0 Å². The summed E-state index contributed by atoms with van der Waals surface area (Å²) in [5, 5.41) is 0. The molecule has 1 heterocycles. The van der Waals surface area contributed by atoms with Crippen LogP contribution in [0.2, 0.25) is 6.04 Å². The van der Waals surface area contributed by atoms with Gasteiger partial charge in [0.05, 0.1) is 6.10 Å². The molecule has 1 saturated heterocycles. The molecule has 0 radical (unpaired) electrons. The van der Waals surface area contributed by atoms with Gasteiger partial charge in [-0.05, 0) is 19.3 Å². The minimum Gasteiger partial charge on any atom is -0.381 e. The van der Waals surface area contributed by atoms with Crippen LogP contribution in [0.3, 0.4) is 0 Å². The normalized spacial score (nSPS) is 20.3. The summed E-state index contributed by atoms with van der Waals surface area (Å²) in [6, 6.07) is 0.788. The van der Waals surface area contributed by atoms with Crippen LogP contribution in [0, 0.1) is 0 Å². The fourth-order valence-electron chi connectivity index (χ4n) is 1.78. The van der Waals surface area contributed by atoms with Crippen LogP contribution in [-0.4, -0.2) is 56.1 Å². The van der Waals surface area contributed by atoms with E-state index in [1.165, 1.54) is 6.42 Å². The van der Waals surface area contributed by atoms with Crippen LogP contribution < -0.4 is 0 Å². The Kier molecular flexibility index (Phi) is 7.25. The minimum atomic E-state index is -2.40. The van der Waals surface area contributed by atoms with E-state index in [1.807, 2.05) is 0 Å². The Bertz CT molecular complexity index is 186. The highest BCUT2D eigenvalue weighted by Crippen LogP contribution is 2.16. The predicted octanol–water partition coefficient (Wildman–Crippen LogP) is 1.45. The molecule has 6 heteroatoms. The zero-order valence-electron chi connectivity index (χ0n) is 11.1. The zero-order valence-corrected chi connectivity index (χ0v) is 12.1. The lowest BCUT2D eigenvalue weighted by Gasteiger charge is -2.26. The first-order valence-corrected chi connectivity index (χ1v) is 8.04. The third kappa shape index (κ3) is 5.03. The number of rotatable bonds is 10. The fraction of sp³-hybridized carbons (Fsp3) is 1.00. The molecular formula is C11H24O5Si. The van der Waals surface area contributed by atoms with Gasteiger partial charge < -0.3 is 22.8 Å². The summed E-state index contributed by atoms with van der Waals surface area (Å²) in [5.74, 6) is 0. The maximum atomic E-state index is 5.54. The molecule has 0 amide bonds. The van der Waals surface area contributed by atoms with Crippen LogP contribution in [0.1, 0.15) is 19.3 Å². The molecule has 0 aromatic heterocycles. The Morgan fingerprint density at radius 2 is 1.76 bits per heavy atom. The Morgan fingerprint density at radius 1 is 1.12 bits per heavy atom. The molecule has 102 valence electrons. The van der Waals surface area contributed by atoms with Crippen LogP contribution in [0.15, 0.2) is 0 Å². The third-order valence-electron chi connectivity index (χ3n) is 3.08. The number of ether oxygens (including phenoxy) is 2. The van der Waals surface area contributed by atoms with Crippen molar-refractivity contribution >= 4 is 8.80 Å². The van der Waals surface area contributed by atoms with E-state index in [0.29, 0.717) is 6.10 Å². The van der Waals surface area contributed by atoms with Crippen molar-refractivity contribution in [2.45, 2.75) is 31.4 Å². The van der Waals surface area contributed by atoms with E-state index in [-0.39, 0.29) is 0 Å². The van der Waals surface area contributed by atoms with Crippen molar-refractivity contribution in [2.75, 3.05) is 41.2 Å². The van der Waals surface area contributed by atoms with Gasteiger partial charge in [0.2, 0.25) is 0 Å². The maximum Gasteiger partial charge on any atom is 0.500 e. The average molecular weight is 264 g/mol. The van der Waals surface area contributed by atoms with E-state index in [9.17, 15) is 0 Å². The van der Waals surface area contributed by atoms with E-state index < -0.39 is 8.80 Å². The van der Waals surface area contributed by atoms with Crippen LogP contribution in [0.25, 0.3) is 0 Å². The maximum absolute atomic E-state index is 5.54. The topological polar surface area (TPSA) is 46.2 Å². The number of hydrogen-bond acceptors (Lipinski definition) is 5. The molecule has 1 fully saturated rings. The second-order valence-electron chi connectivity index (χ2n) is 4.08. The Hall–Kier alpha value is 0.0169. The molecule has 1 unspecified atom stereocenters. The van der Waals surface area contributed by atoms with Gasteiger partial charge in [-0.25, -0.2) is 0 Å². The van der Waals surface area contributed by atoms with Crippen molar-refractivity contribution in [3.63, 3.8) is 0 Å². The molecule has 0 aromatic carbocycles. The molecule has 0 spiro atoms. The zero-order chi connectivity index (χ0) is 12.6. The van der Waals surface area contributed by atoms with E-state index in [1.54, 1.807) is 21.3 Å². The molecule has 0 bridgehead atoms. The second-order valence-corrected chi connectivity index (χ2v) is 7.17. The molecule has 0 aliphatic carbocycles. The quantitative estimate of drug-likeness (QED) is 0.441. The molecule has 1 aliphatic rings. The molecule has 5 nitrogen and oxygen atoms in total. The van der Waals surface area contributed by atoms with Gasteiger partial charge in [0.15, 0.2) is 0 Å². The summed E-state index contributed by atoms with van der Waals surface area (Å²) in [6.45, 7) is 2.40. The third-order valence-corrected chi connectivity index (χ3v) is 5.91. The highest BCUT2D eigenvalue weighted by atomic mass is 28.4. The van der Waals surface area contributed by atoms with Crippen molar-refractivity contribution in [3.05, 3.63) is 0 Å². The Balaban J connectivity index is 1.97. The van der Waals surface area contributed by atoms with E-state index in [0.717, 1.165) is 38.7 Å². The summed E-state index contributed by atoms with van der Waals surface area (Å²) in [6.07, 6.45) is 3.51.